The number of carbonyl (C=O) groups excluding carboxylic acids is 1. The molecule has 1 saturated carbocycles. The maximum Gasteiger partial charge on any atom is 0.236 e. The number of carbonyl (C=O) groups is 1. The molecule has 0 aliphatic heterocycles. The highest BCUT2D eigenvalue weighted by atomic mass is 32.2. The fourth-order valence-corrected chi connectivity index (χ4v) is 4.28. The molecule has 1 aliphatic carbocycles. The zero-order valence-corrected chi connectivity index (χ0v) is 13.3. The number of aromatic nitrogens is 2. The minimum atomic E-state index is -0.620. The van der Waals surface area contributed by atoms with Crippen LogP contribution in [0.2, 0.25) is 0 Å². The Bertz CT molecular complexity index is 491. The molecule has 108 valence electrons. The van der Waals surface area contributed by atoms with Crippen LogP contribution in [0.1, 0.15) is 39.0 Å². The number of hydrogen-bond acceptors (Lipinski definition) is 6. The molecule has 0 spiro atoms. The fraction of sp³-hybridized carbons (Fsp3) is 0.692. The van der Waals surface area contributed by atoms with Crippen LogP contribution in [0.5, 0.6) is 0 Å². The van der Waals surface area contributed by atoms with Crippen molar-refractivity contribution in [2.24, 2.45) is 0 Å². The molecular formula is C13H18N4OS2. The molecule has 0 radical (unpaired) electrons. The molecule has 0 saturated heterocycles. The molecule has 2 rings (SSSR count). The van der Waals surface area contributed by atoms with Gasteiger partial charge in [0.15, 0.2) is 4.34 Å². The highest BCUT2D eigenvalue weighted by molar-refractivity contribution is 8.02. The fourth-order valence-electron chi connectivity index (χ4n) is 2.56. The second kappa shape index (κ2) is 6.55. The summed E-state index contributed by atoms with van der Waals surface area (Å²) in [6, 6.07) is 2.38. The lowest BCUT2D eigenvalue weighted by Crippen LogP contribution is -2.52. The SMILES string of the molecule is CC(Sc1nncs1)C(=O)N(C)C1(C#N)CCCCC1. The largest absolute Gasteiger partial charge is 0.326 e. The van der Waals surface area contributed by atoms with Gasteiger partial charge in [-0.05, 0) is 19.8 Å². The molecule has 1 atom stereocenters. The molecule has 0 N–H and O–H groups in total. The summed E-state index contributed by atoms with van der Waals surface area (Å²) in [5.41, 5.74) is 1.03. The van der Waals surface area contributed by atoms with Crippen LogP contribution < -0.4 is 0 Å². The Hall–Kier alpha value is -1.13. The summed E-state index contributed by atoms with van der Waals surface area (Å²) in [5.74, 6) is -0.00588. The topological polar surface area (TPSA) is 69.9 Å². The average molecular weight is 310 g/mol. The first kappa shape index (κ1) is 15.3. The normalized spacial score (nSPS) is 19.1. The van der Waals surface area contributed by atoms with Crippen molar-refractivity contribution >= 4 is 29.0 Å². The van der Waals surface area contributed by atoms with Gasteiger partial charge in [0.2, 0.25) is 5.91 Å². The van der Waals surface area contributed by atoms with E-state index in [9.17, 15) is 10.1 Å². The average Bonchev–Trinajstić information content (AvgIpc) is 2.99. The molecule has 0 aromatic carbocycles. The molecule has 0 bridgehead atoms. The number of thioether (sulfide) groups is 1. The van der Waals surface area contributed by atoms with E-state index in [1.54, 1.807) is 17.5 Å². The summed E-state index contributed by atoms with van der Waals surface area (Å²) in [4.78, 5) is 14.2. The van der Waals surface area contributed by atoms with Gasteiger partial charge in [-0.3, -0.25) is 4.79 Å². The van der Waals surface area contributed by atoms with Crippen molar-refractivity contribution in [2.75, 3.05) is 7.05 Å². The molecule has 1 unspecified atom stereocenters. The van der Waals surface area contributed by atoms with Gasteiger partial charge in [-0.1, -0.05) is 42.4 Å². The molecule has 1 aromatic rings. The summed E-state index contributed by atoms with van der Waals surface area (Å²) >= 11 is 2.83. The predicted molar refractivity (Wildman–Crippen MR) is 79.4 cm³/mol. The van der Waals surface area contributed by atoms with Crippen LogP contribution in [0.3, 0.4) is 0 Å². The third-order valence-electron chi connectivity index (χ3n) is 3.83. The molecule has 7 heteroatoms. The Labute approximate surface area is 127 Å². The lowest BCUT2D eigenvalue weighted by atomic mass is 9.81. The third-order valence-corrected chi connectivity index (χ3v) is 5.73. The van der Waals surface area contributed by atoms with Gasteiger partial charge in [0.25, 0.3) is 0 Å². The van der Waals surface area contributed by atoms with E-state index in [1.165, 1.54) is 23.1 Å². The van der Waals surface area contributed by atoms with Crippen molar-refractivity contribution in [1.29, 1.82) is 5.26 Å². The first-order valence-electron chi connectivity index (χ1n) is 6.71. The van der Waals surface area contributed by atoms with Crippen LogP contribution in [0.15, 0.2) is 9.85 Å². The third kappa shape index (κ3) is 3.13. The van der Waals surface area contributed by atoms with Crippen molar-refractivity contribution < 1.29 is 4.79 Å². The molecule has 20 heavy (non-hydrogen) atoms. The highest BCUT2D eigenvalue weighted by Gasteiger charge is 2.40. The van der Waals surface area contributed by atoms with Gasteiger partial charge in [0.1, 0.15) is 11.0 Å². The second-order valence-electron chi connectivity index (χ2n) is 5.07. The van der Waals surface area contributed by atoms with Crippen LogP contribution in [-0.2, 0) is 4.79 Å². The maximum absolute atomic E-state index is 12.5. The van der Waals surface area contributed by atoms with Crippen LogP contribution in [0.4, 0.5) is 0 Å². The minimum Gasteiger partial charge on any atom is -0.326 e. The quantitative estimate of drug-likeness (QED) is 0.800. The molecule has 1 amide bonds. The van der Waals surface area contributed by atoms with Gasteiger partial charge in [-0.2, -0.15) is 5.26 Å². The van der Waals surface area contributed by atoms with Gasteiger partial charge in [-0.25, -0.2) is 0 Å². The number of nitriles is 1. The van der Waals surface area contributed by atoms with E-state index in [-0.39, 0.29) is 11.2 Å². The molecule has 5 nitrogen and oxygen atoms in total. The monoisotopic (exact) mass is 310 g/mol. The summed E-state index contributed by atoms with van der Waals surface area (Å²) in [6.45, 7) is 1.86. The van der Waals surface area contributed by atoms with Gasteiger partial charge in [-0.15, -0.1) is 10.2 Å². The van der Waals surface area contributed by atoms with E-state index in [1.807, 2.05) is 6.92 Å². The number of rotatable bonds is 4. The standard InChI is InChI=1S/C13H18N4OS2/c1-10(20-12-16-15-9-19-12)11(18)17(2)13(8-14)6-4-3-5-7-13/h9-10H,3-7H2,1-2H3. The van der Waals surface area contributed by atoms with Gasteiger partial charge in [0.05, 0.1) is 11.3 Å². The van der Waals surface area contributed by atoms with Crippen molar-refractivity contribution in [3.05, 3.63) is 5.51 Å². The predicted octanol–water partition coefficient (Wildman–Crippen LogP) is 2.70. The Kier molecular flexibility index (Phi) is 5.00. The maximum atomic E-state index is 12.5. The van der Waals surface area contributed by atoms with E-state index in [0.717, 1.165) is 36.4 Å². The number of hydrogen-bond donors (Lipinski definition) is 0. The lowest BCUT2D eigenvalue weighted by molar-refractivity contribution is -0.133. The van der Waals surface area contributed by atoms with Crippen LogP contribution >= 0.6 is 23.1 Å². The number of amides is 1. The van der Waals surface area contributed by atoms with Crippen molar-refractivity contribution in [2.45, 2.75) is 54.2 Å². The smallest absolute Gasteiger partial charge is 0.236 e. The minimum absolute atomic E-state index is 0.00588. The van der Waals surface area contributed by atoms with E-state index < -0.39 is 5.54 Å². The Morgan fingerprint density at radius 1 is 1.55 bits per heavy atom. The van der Waals surface area contributed by atoms with E-state index in [4.69, 9.17) is 0 Å². The summed E-state index contributed by atoms with van der Waals surface area (Å²) in [7, 11) is 1.76. The first-order chi connectivity index (χ1) is 9.59. The molecule has 1 aliphatic rings. The van der Waals surface area contributed by atoms with Gasteiger partial charge in [0, 0.05) is 7.05 Å². The summed E-state index contributed by atoms with van der Waals surface area (Å²) < 4.78 is 0.786. The highest BCUT2D eigenvalue weighted by Crippen LogP contribution is 2.34. The summed E-state index contributed by atoms with van der Waals surface area (Å²) in [6.07, 6.45) is 4.75. The van der Waals surface area contributed by atoms with Crippen molar-refractivity contribution in [3.8, 4) is 6.07 Å². The van der Waals surface area contributed by atoms with Gasteiger partial charge < -0.3 is 4.90 Å². The van der Waals surface area contributed by atoms with Crippen LogP contribution in [0.25, 0.3) is 0 Å². The van der Waals surface area contributed by atoms with E-state index in [0.29, 0.717) is 0 Å². The summed E-state index contributed by atoms with van der Waals surface area (Å²) in [5, 5.41) is 17.0. The van der Waals surface area contributed by atoms with Crippen LogP contribution in [-0.4, -0.2) is 38.8 Å². The van der Waals surface area contributed by atoms with Crippen molar-refractivity contribution in [1.82, 2.24) is 15.1 Å². The second-order valence-corrected chi connectivity index (χ2v) is 7.49. The molecule has 1 heterocycles. The van der Waals surface area contributed by atoms with E-state index in [2.05, 4.69) is 16.3 Å². The molecule has 1 aromatic heterocycles. The molecular weight excluding hydrogens is 292 g/mol. The Morgan fingerprint density at radius 2 is 2.25 bits per heavy atom. The van der Waals surface area contributed by atoms with E-state index >= 15 is 0 Å². The Morgan fingerprint density at radius 3 is 2.80 bits per heavy atom. The number of nitrogens with zero attached hydrogens (tertiary/aromatic N) is 4. The van der Waals surface area contributed by atoms with Crippen molar-refractivity contribution in [3.63, 3.8) is 0 Å². The lowest BCUT2D eigenvalue weighted by Gasteiger charge is -2.39. The zero-order chi connectivity index (χ0) is 14.6. The first-order valence-corrected chi connectivity index (χ1v) is 8.47. The van der Waals surface area contributed by atoms with Gasteiger partial charge >= 0.3 is 0 Å². The zero-order valence-electron chi connectivity index (χ0n) is 11.7. The Balaban J connectivity index is 2.05. The molecule has 1 fully saturated rings. The van der Waals surface area contributed by atoms with Crippen LogP contribution in [0, 0.1) is 11.3 Å².